The quantitative estimate of drug-likeness (QED) is 0.504. The number of halogens is 1. The zero-order chi connectivity index (χ0) is 20.5. The molecule has 1 N–H and O–H groups in total. The number of rotatable bonds is 9. The van der Waals surface area contributed by atoms with Crippen LogP contribution < -0.4 is 14.8 Å². The first kappa shape index (κ1) is 21.4. The van der Waals surface area contributed by atoms with Crippen molar-refractivity contribution in [3.05, 3.63) is 53.0 Å². The minimum absolute atomic E-state index is 0.0679. The van der Waals surface area contributed by atoms with Gasteiger partial charge in [-0.05, 0) is 49.8 Å². The molecule has 0 unspecified atom stereocenters. The number of amides is 1. The van der Waals surface area contributed by atoms with E-state index < -0.39 is 18.5 Å². The second-order valence-corrected chi connectivity index (χ2v) is 6.41. The number of furan rings is 1. The Morgan fingerprint density at radius 1 is 1.32 bits per heavy atom. The lowest BCUT2D eigenvalue weighted by Crippen LogP contribution is -2.27. The van der Waals surface area contributed by atoms with Gasteiger partial charge in [-0.2, -0.15) is 0 Å². The van der Waals surface area contributed by atoms with E-state index in [9.17, 15) is 9.59 Å². The first-order valence-electron chi connectivity index (χ1n) is 8.57. The summed E-state index contributed by atoms with van der Waals surface area (Å²) < 4.78 is 20.9. The molecule has 28 heavy (non-hydrogen) atoms. The Labute approximate surface area is 168 Å². The molecule has 0 spiro atoms. The van der Waals surface area contributed by atoms with Crippen molar-refractivity contribution in [1.29, 1.82) is 0 Å². The molecule has 0 aliphatic carbocycles. The topological polar surface area (TPSA) is 87.0 Å². The third kappa shape index (κ3) is 6.66. The van der Waals surface area contributed by atoms with Crippen LogP contribution in [0.15, 0.2) is 41.0 Å². The molecule has 0 bridgehead atoms. The fraction of sp³-hybridized carbons (Fsp3) is 0.300. The molecule has 150 valence electrons. The maximum atomic E-state index is 11.8. The van der Waals surface area contributed by atoms with Crippen molar-refractivity contribution < 1.29 is 28.2 Å². The highest BCUT2D eigenvalue weighted by Crippen LogP contribution is 2.37. The van der Waals surface area contributed by atoms with Gasteiger partial charge in [-0.15, -0.1) is 0 Å². The highest BCUT2D eigenvalue weighted by Gasteiger charge is 2.13. The summed E-state index contributed by atoms with van der Waals surface area (Å²) in [5, 5.41) is 2.94. The Bertz CT molecular complexity index is 829. The summed E-state index contributed by atoms with van der Waals surface area (Å²) in [7, 11) is 1.50. The van der Waals surface area contributed by atoms with Gasteiger partial charge in [0, 0.05) is 6.08 Å². The van der Waals surface area contributed by atoms with Crippen LogP contribution in [-0.2, 0) is 20.9 Å². The maximum absolute atomic E-state index is 11.8. The lowest BCUT2D eigenvalue weighted by molar-refractivity contribution is -0.143. The first-order valence-corrected chi connectivity index (χ1v) is 8.95. The molecule has 0 fully saturated rings. The van der Waals surface area contributed by atoms with E-state index in [1.807, 2.05) is 13.8 Å². The summed E-state index contributed by atoms with van der Waals surface area (Å²) in [5.74, 6) is 0.401. The number of nitrogens with one attached hydrogen (secondary N) is 1. The molecule has 1 heterocycles. The molecule has 1 aromatic heterocycles. The van der Waals surface area contributed by atoms with E-state index in [1.54, 1.807) is 24.3 Å². The Balaban J connectivity index is 1.89. The molecular weight excluding hydrogens is 386 g/mol. The van der Waals surface area contributed by atoms with E-state index in [0.29, 0.717) is 27.8 Å². The number of carbonyl (C=O) groups is 2. The summed E-state index contributed by atoms with van der Waals surface area (Å²) in [4.78, 5) is 23.5. The Morgan fingerprint density at radius 3 is 2.75 bits per heavy atom. The first-order chi connectivity index (χ1) is 13.4. The molecule has 0 atom stereocenters. The van der Waals surface area contributed by atoms with Crippen LogP contribution in [0.4, 0.5) is 0 Å². The van der Waals surface area contributed by atoms with E-state index in [1.165, 1.54) is 25.5 Å². The van der Waals surface area contributed by atoms with Crippen LogP contribution in [0.3, 0.4) is 0 Å². The summed E-state index contributed by atoms with van der Waals surface area (Å²) in [6.45, 7) is 3.59. The normalized spacial score (nSPS) is 10.9. The van der Waals surface area contributed by atoms with Crippen molar-refractivity contribution in [3.8, 4) is 11.5 Å². The van der Waals surface area contributed by atoms with Crippen molar-refractivity contribution in [3.63, 3.8) is 0 Å². The van der Waals surface area contributed by atoms with Crippen LogP contribution in [0.5, 0.6) is 11.5 Å². The van der Waals surface area contributed by atoms with Crippen molar-refractivity contribution in [2.45, 2.75) is 26.5 Å². The van der Waals surface area contributed by atoms with E-state index >= 15 is 0 Å². The summed E-state index contributed by atoms with van der Waals surface area (Å²) >= 11 is 6.24. The number of benzene rings is 1. The highest BCUT2D eigenvalue weighted by molar-refractivity contribution is 6.32. The molecule has 2 rings (SSSR count). The molecule has 0 radical (unpaired) electrons. The lowest BCUT2D eigenvalue weighted by Gasteiger charge is -2.15. The van der Waals surface area contributed by atoms with Gasteiger partial charge in [0.2, 0.25) is 0 Å². The number of ether oxygens (including phenoxy) is 3. The lowest BCUT2D eigenvalue weighted by atomic mass is 10.2. The van der Waals surface area contributed by atoms with Gasteiger partial charge in [-0.3, -0.25) is 4.79 Å². The molecule has 0 saturated carbocycles. The second kappa shape index (κ2) is 10.4. The van der Waals surface area contributed by atoms with Gasteiger partial charge >= 0.3 is 5.97 Å². The molecule has 1 aromatic carbocycles. The van der Waals surface area contributed by atoms with Crippen molar-refractivity contribution >= 4 is 29.6 Å². The van der Waals surface area contributed by atoms with Gasteiger partial charge in [0.25, 0.3) is 5.91 Å². The van der Waals surface area contributed by atoms with Crippen molar-refractivity contribution in [1.82, 2.24) is 5.32 Å². The predicted molar refractivity (Wildman–Crippen MR) is 104 cm³/mol. The minimum atomic E-state index is -0.661. The average molecular weight is 408 g/mol. The van der Waals surface area contributed by atoms with Gasteiger partial charge < -0.3 is 23.9 Å². The largest absolute Gasteiger partial charge is 0.493 e. The number of hydrogen-bond acceptors (Lipinski definition) is 6. The standard InChI is InChI=1S/C20H22ClNO6/c1-13(2)28-20-16(21)9-14(10-17(20)25-3)6-7-19(24)27-12-18(23)22-11-15-5-4-8-26-15/h4-10,13H,11-12H2,1-3H3,(H,22,23)/b7-6+. The molecular formula is C20H22ClNO6. The van der Waals surface area contributed by atoms with Crippen LogP contribution >= 0.6 is 11.6 Å². The Morgan fingerprint density at radius 2 is 2.11 bits per heavy atom. The molecule has 1 amide bonds. The Kier molecular flexibility index (Phi) is 7.95. The van der Waals surface area contributed by atoms with Crippen LogP contribution in [0.2, 0.25) is 5.02 Å². The minimum Gasteiger partial charge on any atom is -0.493 e. The van der Waals surface area contributed by atoms with Crippen LogP contribution in [0, 0.1) is 0 Å². The third-order valence-corrected chi connectivity index (χ3v) is 3.68. The van der Waals surface area contributed by atoms with E-state index in [2.05, 4.69) is 5.32 Å². The highest BCUT2D eigenvalue weighted by atomic mass is 35.5. The van der Waals surface area contributed by atoms with E-state index in [4.69, 9.17) is 30.2 Å². The van der Waals surface area contributed by atoms with E-state index in [-0.39, 0.29) is 12.6 Å². The maximum Gasteiger partial charge on any atom is 0.331 e. The Hall–Kier alpha value is -2.93. The molecule has 7 nitrogen and oxygen atoms in total. The fourth-order valence-electron chi connectivity index (χ4n) is 2.19. The fourth-order valence-corrected chi connectivity index (χ4v) is 2.45. The average Bonchev–Trinajstić information content (AvgIpc) is 3.18. The smallest absolute Gasteiger partial charge is 0.331 e. The van der Waals surface area contributed by atoms with E-state index in [0.717, 1.165) is 0 Å². The second-order valence-electron chi connectivity index (χ2n) is 6.00. The van der Waals surface area contributed by atoms with Crippen molar-refractivity contribution in [2.24, 2.45) is 0 Å². The molecule has 0 aliphatic heterocycles. The summed E-state index contributed by atoms with van der Waals surface area (Å²) in [6, 6.07) is 6.77. The number of hydrogen-bond donors (Lipinski definition) is 1. The number of esters is 1. The van der Waals surface area contributed by atoms with Gasteiger partial charge in [-0.1, -0.05) is 11.6 Å². The molecule has 0 saturated heterocycles. The molecule has 8 heteroatoms. The molecule has 0 aliphatic rings. The predicted octanol–water partition coefficient (Wildman–Crippen LogP) is 3.60. The SMILES string of the molecule is COc1cc(/C=C/C(=O)OCC(=O)NCc2ccco2)cc(Cl)c1OC(C)C. The number of methoxy groups -OCH3 is 1. The zero-order valence-electron chi connectivity index (χ0n) is 15.9. The van der Waals surface area contributed by atoms with Crippen LogP contribution in [0.25, 0.3) is 6.08 Å². The monoisotopic (exact) mass is 407 g/mol. The zero-order valence-corrected chi connectivity index (χ0v) is 16.6. The van der Waals surface area contributed by atoms with Gasteiger partial charge in [0.15, 0.2) is 18.1 Å². The van der Waals surface area contributed by atoms with Gasteiger partial charge in [0.1, 0.15) is 5.76 Å². The van der Waals surface area contributed by atoms with Crippen LogP contribution in [-0.4, -0.2) is 31.7 Å². The van der Waals surface area contributed by atoms with Crippen LogP contribution in [0.1, 0.15) is 25.2 Å². The van der Waals surface area contributed by atoms with Gasteiger partial charge in [0.05, 0.1) is 31.0 Å². The number of carbonyl (C=O) groups excluding carboxylic acids is 2. The van der Waals surface area contributed by atoms with Crippen molar-refractivity contribution in [2.75, 3.05) is 13.7 Å². The molecule has 2 aromatic rings. The summed E-state index contributed by atoms with van der Waals surface area (Å²) in [5.41, 5.74) is 0.622. The van der Waals surface area contributed by atoms with Gasteiger partial charge in [-0.25, -0.2) is 4.79 Å². The third-order valence-electron chi connectivity index (χ3n) is 3.40. The summed E-state index contributed by atoms with van der Waals surface area (Å²) in [6.07, 6.45) is 4.15.